The molecule has 50 heavy (non-hydrogen) atoms. The van der Waals surface area contributed by atoms with Gasteiger partial charge in [0.25, 0.3) is 0 Å². The van der Waals surface area contributed by atoms with Crippen LogP contribution in [0.25, 0.3) is 0 Å². The van der Waals surface area contributed by atoms with Gasteiger partial charge in [0, 0.05) is 25.9 Å². The zero-order valence-electron chi connectivity index (χ0n) is 31.3. The summed E-state index contributed by atoms with van der Waals surface area (Å²) in [6, 6.07) is 0. The molecule has 3 heterocycles. The Hall–Kier alpha value is -1.60. The third-order valence-electron chi connectivity index (χ3n) is 15.9. The van der Waals surface area contributed by atoms with Crippen LogP contribution in [0.1, 0.15) is 106 Å². The summed E-state index contributed by atoms with van der Waals surface area (Å²) >= 11 is 0. The first-order chi connectivity index (χ1) is 23.5. The van der Waals surface area contributed by atoms with E-state index in [1.54, 1.807) is 20.0 Å². The number of aromatic amines is 1. The van der Waals surface area contributed by atoms with E-state index >= 15 is 0 Å². The molecule has 8 rings (SSSR count). The van der Waals surface area contributed by atoms with Gasteiger partial charge in [0.05, 0.1) is 55.3 Å². The predicted octanol–water partition coefficient (Wildman–Crippen LogP) is 4.16. The number of hydrogen-bond acceptors (Lipinski definition) is 10. The van der Waals surface area contributed by atoms with E-state index in [4.69, 9.17) is 24.7 Å². The number of rotatable bonds is 7. The molecule has 11 heteroatoms. The maximum atomic E-state index is 12.5. The SMILES string of the molecule is CC(=O)O[C@@H](C1C[C@@H](C)[C@H]2C(O1)[C@H](O)[C@@]1(N)C3CC[C@H]4C(C)(C)[C@@H](O[C@H]5CN(Cc6ncc[nH]6)CCO5)CCC45CC35CCC21C)C(C)(C)O. The number of morpholine rings is 1. The van der Waals surface area contributed by atoms with E-state index in [9.17, 15) is 15.0 Å². The number of hydrogen-bond donors (Lipinski definition) is 4. The lowest BCUT2D eigenvalue weighted by atomic mass is 9.43. The van der Waals surface area contributed by atoms with Gasteiger partial charge in [0.2, 0.25) is 0 Å². The molecular formula is C39H62N4O7. The molecule has 2 saturated heterocycles. The molecule has 0 bridgehead atoms. The fourth-order valence-electron chi connectivity index (χ4n) is 13.9. The monoisotopic (exact) mass is 698 g/mol. The number of nitrogens with two attached hydrogens (primary N) is 1. The van der Waals surface area contributed by atoms with Crippen molar-refractivity contribution in [3.05, 3.63) is 18.2 Å². The fourth-order valence-corrected chi connectivity index (χ4v) is 13.9. The Bertz CT molecular complexity index is 1450. The Kier molecular flexibility index (Phi) is 8.29. The molecule has 14 atom stereocenters. The standard InChI is InChI=1S/C39H62N4O7/c1-22-18-24(33(35(5,6)46)48-23(2)44)49-31-30(22)36(7)12-13-38-21-37(38)11-10-27(34(3,4)25(37)8-9-26(38)39(36,40)32(31)45)50-29-20-43(16-17-47-29)19-28-41-14-15-42-28/h14-15,22,24-27,29-33,45-46H,8-13,16-21,40H2,1-7H3,(H,41,42)/t22-,24?,25+,26?,27+,29+,30+,31?,32+,33+,36?,37?,38?,39+/m1/s1. The summed E-state index contributed by atoms with van der Waals surface area (Å²) in [5, 5.41) is 23.5. The van der Waals surface area contributed by atoms with Crippen molar-refractivity contribution in [3.63, 3.8) is 0 Å². The van der Waals surface area contributed by atoms with E-state index in [2.05, 4.69) is 42.6 Å². The highest BCUT2D eigenvalue weighted by molar-refractivity contribution is 5.66. The number of carbonyl (C=O) groups is 1. The summed E-state index contributed by atoms with van der Waals surface area (Å²) in [4.78, 5) is 22.1. The largest absolute Gasteiger partial charge is 0.457 e. The van der Waals surface area contributed by atoms with Crippen LogP contribution >= 0.6 is 0 Å². The summed E-state index contributed by atoms with van der Waals surface area (Å²) in [6.07, 6.45) is 9.07. The molecule has 2 aliphatic heterocycles. The Balaban J connectivity index is 1.01. The zero-order chi connectivity index (χ0) is 35.6. The summed E-state index contributed by atoms with van der Waals surface area (Å²) < 4.78 is 25.5. The van der Waals surface area contributed by atoms with Crippen molar-refractivity contribution in [2.24, 2.45) is 51.1 Å². The molecule has 6 unspecified atom stereocenters. The molecule has 0 aromatic carbocycles. The van der Waals surface area contributed by atoms with Gasteiger partial charge in [-0.2, -0.15) is 0 Å². The van der Waals surface area contributed by atoms with Gasteiger partial charge in [-0.25, -0.2) is 4.98 Å². The molecular weight excluding hydrogens is 636 g/mol. The summed E-state index contributed by atoms with van der Waals surface area (Å²) in [6.45, 7) is 17.2. The number of imidazole rings is 1. The second kappa shape index (κ2) is 11.7. The number of H-pyrrole nitrogens is 1. The highest BCUT2D eigenvalue weighted by atomic mass is 16.7. The lowest BCUT2D eigenvalue weighted by Crippen LogP contribution is -2.70. The molecule has 5 aliphatic carbocycles. The second-order valence-corrected chi connectivity index (χ2v) is 19.1. The van der Waals surface area contributed by atoms with Crippen LogP contribution in [0.15, 0.2) is 12.4 Å². The van der Waals surface area contributed by atoms with Crippen LogP contribution in [0.2, 0.25) is 0 Å². The van der Waals surface area contributed by atoms with Crippen LogP contribution in [0.5, 0.6) is 0 Å². The van der Waals surface area contributed by atoms with Crippen molar-refractivity contribution < 1.29 is 34.0 Å². The van der Waals surface area contributed by atoms with Gasteiger partial charge in [-0.15, -0.1) is 0 Å². The van der Waals surface area contributed by atoms with Crippen LogP contribution in [0.4, 0.5) is 0 Å². The molecule has 5 N–H and O–H groups in total. The number of ether oxygens (including phenoxy) is 4. The van der Waals surface area contributed by atoms with Crippen molar-refractivity contribution in [1.82, 2.24) is 14.9 Å². The first kappa shape index (κ1) is 35.4. The summed E-state index contributed by atoms with van der Waals surface area (Å²) in [5.41, 5.74) is 5.77. The van der Waals surface area contributed by atoms with E-state index < -0.39 is 41.5 Å². The first-order valence-electron chi connectivity index (χ1n) is 19.5. The van der Waals surface area contributed by atoms with Crippen molar-refractivity contribution >= 4 is 5.97 Å². The van der Waals surface area contributed by atoms with Crippen LogP contribution in [-0.2, 0) is 30.3 Å². The highest BCUT2D eigenvalue weighted by Crippen LogP contribution is 2.87. The zero-order valence-corrected chi connectivity index (χ0v) is 31.3. The van der Waals surface area contributed by atoms with Crippen molar-refractivity contribution in [3.8, 4) is 0 Å². The third kappa shape index (κ3) is 4.92. The molecule has 11 nitrogen and oxygen atoms in total. The molecule has 0 radical (unpaired) electrons. The van der Waals surface area contributed by atoms with E-state index in [-0.39, 0.29) is 51.8 Å². The van der Waals surface area contributed by atoms with Crippen molar-refractivity contribution in [1.29, 1.82) is 0 Å². The average molecular weight is 699 g/mol. The van der Waals surface area contributed by atoms with Crippen molar-refractivity contribution in [2.45, 2.75) is 154 Å². The lowest BCUT2D eigenvalue weighted by molar-refractivity contribution is -0.247. The normalized spacial score (nSPS) is 48.7. The smallest absolute Gasteiger partial charge is 0.303 e. The highest BCUT2D eigenvalue weighted by Gasteiger charge is 2.85. The van der Waals surface area contributed by atoms with Gasteiger partial charge in [0.15, 0.2) is 12.4 Å². The van der Waals surface area contributed by atoms with Crippen LogP contribution in [0.3, 0.4) is 0 Å². The quantitative estimate of drug-likeness (QED) is 0.306. The molecule has 7 aliphatic rings. The molecule has 1 aromatic heterocycles. The maximum Gasteiger partial charge on any atom is 0.303 e. The number of aromatic nitrogens is 2. The Labute approximate surface area is 297 Å². The van der Waals surface area contributed by atoms with Gasteiger partial charge in [-0.3, -0.25) is 9.69 Å². The van der Waals surface area contributed by atoms with Gasteiger partial charge in [-0.05, 0) is 111 Å². The lowest BCUT2D eigenvalue weighted by Gasteiger charge is -2.63. The number of fused-ring (bicyclic) bond motifs is 4. The number of nitrogens with one attached hydrogen (secondary N) is 1. The number of aliphatic hydroxyl groups excluding tert-OH is 1. The van der Waals surface area contributed by atoms with E-state index in [1.165, 1.54) is 13.3 Å². The molecule has 1 aromatic rings. The maximum absolute atomic E-state index is 12.5. The summed E-state index contributed by atoms with van der Waals surface area (Å²) in [5.74, 6) is 1.53. The molecule has 2 spiro atoms. The minimum Gasteiger partial charge on any atom is -0.457 e. The van der Waals surface area contributed by atoms with Crippen LogP contribution in [-0.4, -0.2) is 98.7 Å². The Morgan fingerprint density at radius 1 is 1.18 bits per heavy atom. The summed E-state index contributed by atoms with van der Waals surface area (Å²) in [7, 11) is 0. The van der Waals surface area contributed by atoms with Gasteiger partial charge in [0.1, 0.15) is 5.82 Å². The van der Waals surface area contributed by atoms with E-state index in [0.29, 0.717) is 18.9 Å². The number of carbonyl (C=O) groups excluding carboxylic acids is 1. The number of nitrogens with zero attached hydrogens (tertiary/aromatic N) is 2. The van der Waals surface area contributed by atoms with Gasteiger partial charge in [-0.1, -0.05) is 27.7 Å². The molecule has 0 amide bonds. The van der Waals surface area contributed by atoms with Gasteiger partial charge < -0.3 is 39.9 Å². The Morgan fingerprint density at radius 3 is 2.62 bits per heavy atom. The minimum atomic E-state index is -1.29. The Morgan fingerprint density at radius 2 is 1.92 bits per heavy atom. The number of esters is 1. The van der Waals surface area contributed by atoms with E-state index in [1.807, 2.05) is 6.20 Å². The first-order valence-corrected chi connectivity index (χ1v) is 19.5. The minimum absolute atomic E-state index is 0.0160. The van der Waals surface area contributed by atoms with Crippen LogP contribution < -0.4 is 5.73 Å². The molecule has 280 valence electrons. The molecule has 7 fully saturated rings. The topological polar surface area (TPSA) is 152 Å². The average Bonchev–Trinajstić information content (AvgIpc) is 3.33. The molecule has 5 saturated carbocycles. The van der Waals surface area contributed by atoms with Gasteiger partial charge >= 0.3 is 5.97 Å². The second-order valence-electron chi connectivity index (χ2n) is 19.1. The number of aliphatic hydroxyl groups is 2. The van der Waals surface area contributed by atoms with Crippen LogP contribution in [0, 0.1) is 45.3 Å². The predicted molar refractivity (Wildman–Crippen MR) is 185 cm³/mol. The van der Waals surface area contributed by atoms with Crippen molar-refractivity contribution in [2.75, 3.05) is 19.7 Å². The third-order valence-corrected chi connectivity index (χ3v) is 15.9. The van der Waals surface area contributed by atoms with E-state index in [0.717, 1.165) is 64.0 Å². The fraction of sp³-hybridized carbons (Fsp3) is 0.897.